The van der Waals surface area contributed by atoms with E-state index in [2.05, 4.69) is 36.6 Å². The predicted molar refractivity (Wildman–Crippen MR) is 62.5 cm³/mol. The maximum Gasteiger partial charge on any atom is 0.332 e. The molecule has 98 valence electrons. The van der Waals surface area contributed by atoms with Crippen LogP contribution in [0.3, 0.4) is 0 Å². The summed E-state index contributed by atoms with van der Waals surface area (Å²) in [6.45, 7) is -0.954. The fraction of sp³-hybridized carbons (Fsp3) is 0.625. The number of aliphatic carboxylic acids is 2. The van der Waals surface area contributed by atoms with Crippen molar-refractivity contribution in [1.82, 2.24) is 0 Å². The minimum atomic E-state index is -1.15. The Morgan fingerprint density at radius 2 is 1.47 bits per heavy atom. The van der Waals surface area contributed by atoms with Gasteiger partial charge >= 0.3 is 17.9 Å². The summed E-state index contributed by atoms with van der Waals surface area (Å²) in [5.74, 6) is -3.02. The van der Waals surface area contributed by atoms with Gasteiger partial charge in [0, 0.05) is 0 Å². The van der Waals surface area contributed by atoms with E-state index in [1.54, 1.807) is 0 Å². The Labute approximate surface area is 113 Å². The molecule has 0 aromatic carbocycles. The molecule has 0 aliphatic carbocycles. The Kier molecular flexibility index (Phi) is 8.09. The van der Waals surface area contributed by atoms with Gasteiger partial charge in [0.05, 0.1) is 6.61 Å². The Hall–Kier alpha value is -0.670. The Morgan fingerprint density at radius 1 is 1.00 bits per heavy atom. The van der Waals surface area contributed by atoms with Gasteiger partial charge in [-0.25, -0.2) is 4.79 Å². The molecule has 0 aliphatic heterocycles. The van der Waals surface area contributed by atoms with Crippen molar-refractivity contribution in [3.63, 3.8) is 0 Å². The van der Waals surface area contributed by atoms with E-state index in [-0.39, 0.29) is 13.2 Å². The monoisotopic (exact) mass is 376 g/mol. The molecule has 9 heteroatoms. The molecular weight excluding hydrogens is 368 g/mol. The van der Waals surface area contributed by atoms with E-state index in [0.29, 0.717) is 0 Å². The molecule has 2 N–H and O–H groups in total. The van der Waals surface area contributed by atoms with Gasteiger partial charge in [-0.15, -0.1) is 0 Å². The molecule has 2 atom stereocenters. The van der Waals surface area contributed by atoms with Crippen molar-refractivity contribution in [2.24, 2.45) is 0 Å². The van der Waals surface area contributed by atoms with Crippen molar-refractivity contribution in [2.45, 2.75) is 9.65 Å². The molecule has 0 aliphatic rings. The highest BCUT2D eigenvalue weighted by atomic mass is 79.9. The predicted octanol–water partition coefficient (Wildman–Crippen LogP) is 0.242. The zero-order valence-electron chi connectivity index (χ0n) is 8.47. The van der Waals surface area contributed by atoms with Crippen molar-refractivity contribution in [3.05, 3.63) is 0 Å². The second-order valence-corrected chi connectivity index (χ2v) is 5.02. The number of halogens is 2. The lowest BCUT2D eigenvalue weighted by atomic mass is 10.4. The van der Waals surface area contributed by atoms with Crippen LogP contribution in [0.2, 0.25) is 0 Å². The number of alkyl halides is 2. The van der Waals surface area contributed by atoms with E-state index in [1.165, 1.54) is 0 Å². The molecule has 0 aromatic rings. The van der Waals surface area contributed by atoms with Gasteiger partial charge in [0.1, 0.15) is 22.9 Å². The molecule has 0 amide bonds. The molecule has 0 spiro atoms. The van der Waals surface area contributed by atoms with Gasteiger partial charge < -0.3 is 19.7 Å². The van der Waals surface area contributed by atoms with Crippen LogP contribution in [0.1, 0.15) is 0 Å². The van der Waals surface area contributed by atoms with Crippen LogP contribution in [-0.4, -0.2) is 57.6 Å². The largest absolute Gasteiger partial charge is 0.480 e. The molecule has 0 bridgehead atoms. The highest BCUT2D eigenvalue weighted by Gasteiger charge is 2.17. The van der Waals surface area contributed by atoms with E-state index in [0.717, 1.165) is 0 Å². The normalized spacial score (nSPS) is 13.8. The van der Waals surface area contributed by atoms with Crippen LogP contribution in [0, 0.1) is 0 Å². The zero-order chi connectivity index (χ0) is 13.4. The summed E-state index contributed by atoms with van der Waals surface area (Å²) in [5, 5.41) is 16.9. The van der Waals surface area contributed by atoms with Gasteiger partial charge in [-0.1, -0.05) is 31.9 Å². The van der Waals surface area contributed by atoms with Crippen LogP contribution in [0.25, 0.3) is 0 Å². The standard InChI is InChI=1S/C8H10Br2O7/c9-4(7(12)13)1-16-3-6(11)17-2-5(10)8(14)15/h4-5H,1-3H2,(H,12,13)(H,14,15). The summed E-state index contributed by atoms with van der Waals surface area (Å²) in [6, 6.07) is 0. The number of carbonyl (C=O) groups is 3. The van der Waals surface area contributed by atoms with Gasteiger partial charge in [-0.3, -0.25) is 9.59 Å². The van der Waals surface area contributed by atoms with E-state index >= 15 is 0 Å². The van der Waals surface area contributed by atoms with Crippen molar-refractivity contribution < 1.29 is 34.1 Å². The number of carbonyl (C=O) groups excluding carboxylic acids is 1. The molecule has 2 unspecified atom stereocenters. The van der Waals surface area contributed by atoms with Crippen molar-refractivity contribution in [1.29, 1.82) is 0 Å². The fourth-order valence-corrected chi connectivity index (χ4v) is 0.915. The van der Waals surface area contributed by atoms with Crippen LogP contribution >= 0.6 is 31.9 Å². The van der Waals surface area contributed by atoms with E-state index in [4.69, 9.17) is 14.9 Å². The molecular formula is C8H10Br2O7. The third-order valence-electron chi connectivity index (χ3n) is 1.41. The number of carboxylic acids is 2. The van der Waals surface area contributed by atoms with Gasteiger partial charge in [-0.05, 0) is 0 Å². The quantitative estimate of drug-likeness (QED) is 0.460. The summed E-state index contributed by atoms with van der Waals surface area (Å²) in [6.07, 6.45) is 0. The SMILES string of the molecule is O=C(COCC(Br)C(=O)O)OCC(Br)C(=O)O. The van der Waals surface area contributed by atoms with Crippen molar-refractivity contribution in [2.75, 3.05) is 19.8 Å². The van der Waals surface area contributed by atoms with Crippen LogP contribution in [0.5, 0.6) is 0 Å². The highest BCUT2D eigenvalue weighted by molar-refractivity contribution is 9.10. The van der Waals surface area contributed by atoms with E-state index < -0.39 is 34.2 Å². The van der Waals surface area contributed by atoms with E-state index in [1.807, 2.05) is 0 Å². The Balaban J connectivity index is 3.67. The summed E-state index contributed by atoms with van der Waals surface area (Å²) in [4.78, 5) is 29.8. The lowest BCUT2D eigenvalue weighted by molar-refractivity contribution is -0.151. The zero-order valence-corrected chi connectivity index (χ0v) is 11.6. The smallest absolute Gasteiger partial charge is 0.332 e. The second-order valence-electron chi connectivity index (χ2n) is 2.81. The Morgan fingerprint density at radius 3 is 1.94 bits per heavy atom. The van der Waals surface area contributed by atoms with Crippen LogP contribution < -0.4 is 0 Å². The first-order valence-electron chi connectivity index (χ1n) is 4.31. The molecule has 0 radical (unpaired) electrons. The average molecular weight is 378 g/mol. The maximum absolute atomic E-state index is 11.0. The molecule has 17 heavy (non-hydrogen) atoms. The summed E-state index contributed by atoms with van der Waals surface area (Å²) in [7, 11) is 0. The minimum absolute atomic E-state index is 0.193. The first kappa shape index (κ1) is 16.3. The van der Waals surface area contributed by atoms with Crippen molar-refractivity contribution in [3.8, 4) is 0 Å². The van der Waals surface area contributed by atoms with Crippen molar-refractivity contribution >= 4 is 49.8 Å². The molecule has 0 fully saturated rings. The number of esters is 1. The molecule has 0 aromatic heterocycles. The summed E-state index contributed by atoms with van der Waals surface area (Å²) >= 11 is 5.59. The minimum Gasteiger partial charge on any atom is -0.480 e. The lowest BCUT2D eigenvalue weighted by Crippen LogP contribution is -2.25. The van der Waals surface area contributed by atoms with Gasteiger partial charge in [0.15, 0.2) is 0 Å². The van der Waals surface area contributed by atoms with Crippen LogP contribution in [0.15, 0.2) is 0 Å². The maximum atomic E-state index is 11.0. The highest BCUT2D eigenvalue weighted by Crippen LogP contribution is 2.02. The molecule has 0 saturated heterocycles. The topological polar surface area (TPSA) is 110 Å². The molecule has 0 rings (SSSR count). The number of carboxylic acid groups (broad SMARTS) is 2. The molecule has 7 nitrogen and oxygen atoms in total. The Bertz CT molecular complexity index is 294. The first-order chi connectivity index (χ1) is 7.84. The summed E-state index contributed by atoms with van der Waals surface area (Å²) < 4.78 is 9.30. The third kappa shape index (κ3) is 8.11. The average Bonchev–Trinajstić information content (AvgIpc) is 2.25. The molecule has 0 saturated carbocycles. The number of hydrogen-bond donors (Lipinski definition) is 2. The lowest BCUT2D eigenvalue weighted by Gasteiger charge is -2.08. The first-order valence-corrected chi connectivity index (χ1v) is 6.14. The van der Waals surface area contributed by atoms with E-state index in [9.17, 15) is 14.4 Å². The third-order valence-corrected chi connectivity index (χ3v) is 2.72. The van der Waals surface area contributed by atoms with Gasteiger partial charge in [0.25, 0.3) is 0 Å². The number of rotatable bonds is 8. The second kappa shape index (κ2) is 8.43. The van der Waals surface area contributed by atoms with Gasteiger partial charge in [-0.2, -0.15) is 0 Å². The number of hydrogen-bond acceptors (Lipinski definition) is 5. The summed E-state index contributed by atoms with van der Waals surface area (Å²) in [5.41, 5.74) is 0. The number of ether oxygens (including phenoxy) is 2. The fourth-order valence-electron chi connectivity index (χ4n) is 0.596. The van der Waals surface area contributed by atoms with Gasteiger partial charge in [0.2, 0.25) is 0 Å². The molecule has 0 heterocycles. The van der Waals surface area contributed by atoms with Crippen LogP contribution in [-0.2, 0) is 23.9 Å². The van der Waals surface area contributed by atoms with Crippen LogP contribution in [0.4, 0.5) is 0 Å².